The molecule has 21 heavy (non-hydrogen) atoms. The van der Waals surface area contributed by atoms with Gasteiger partial charge in [0.25, 0.3) is 5.91 Å². The van der Waals surface area contributed by atoms with Crippen molar-refractivity contribution in [1.29, 1.82) is 0 Å². The van der Waals surface area contributed by atoms with Gasteiger partial charge in [-0.2, -0.15) is 0 Å². The Balaban J connectivity index is 1.84. The topological polar surface area (TPSA) is 40.5 Å². The number of carbonyl (C=O) groups is 1. The maximum absolute atomic E-state index is 12.7. The number of thiophene rings is 1. The van der Waals surface area contributed by atoms with Crippen LogP contribution in [-0.4, -0.2) is 35.1 Å². The first-order valence-electron chi connectivity index (χ1n) is 7.46. The molecular weight excluding hydrogens is 282 g/mol. The highest BCUT2D eigenvalue weighted by Crippen LogP contribution is 2.33. The molecule has 0 bridgehead atoms. The number of carbonyl (C=O) groups excluding carboxylic acids is 1. The standard InChI is InChI=1S/C17H21NO2S/c1-12-13-7-3-4-8-14(13)21-15(12)16(19)18(2)11-17(20)9-5-6-10-17/h3-4,7-8,20H,5-6,9-11H2,1-2H3. The lowest BCUT2D eigenvalue weighted by atomic mass is 10.0. The Hall–Kier alpha value is -1.39. The highest BCUT2D eigenvalue weighted by molar-refractivity contribution is 7.21. The van der Waals surface area contributed by atoms with Gasteiger partial charge in [-0.15, -0.1) is 11.3 Å². The number of rotatable bonds is 3. The molecule has 0 spiro atoms. The molecule has 0 aliphatic heterocycles. The monoisotopic (exact) mass is 303 g/mol. The minimum atomic E-state index is -0.686. The molecule has 0 radical (unpaired) electrons. The molecule has 4 heteroatoms. The van der Waals surface area contributed by atoms with Crippen molar-refractivity contribution >= 4 is 27.3 Å². The maximum Gasteiger partial charge on any atom is 0.264 e. The van der Waals surface area contributed by atoms with Gasteiger partial charge < -0.3 is 10.0 Å². The summed E-state index contributed by atoms with van der Waals surface area (Å²) in [5.41, 5.74) is 0.362. The minimum Gasteiger partial charge on any atom is -0.388 e. The molecule has 1 aromatic carbocycles. The number of aryl methyl sites for hydroxylation is 1. The second-order valence-corrected chi connectivity index (χ2v) is 7.20. The van der Waals surface area contributed by atoms with E-state index in [0.717, 1.165) is 46.2 Å². The van der Waals surface area contributed by atoms with E-state index >= 15 is 0 Å². The van der Waals surface area contributed by atoms with Crippen molar-refractivity contribution < 1.29 is 9.90 Å². The lowest BCUT2D eigenvalue weighted by molar-refractivity contribution is 0.0158. The van der Waals surface area contributed by atoms with Crippen LogP contribution in [0.2, 0.25) is 0 Å². The molecular formula is C17H21NO2S. The van der Waals surface area contributed by atoms with Gasteiger partial charge in [-0.3, -0.25) is 4.79 Å². The number of nitrogens with zero attached hydrogens (tertiary/aromatic N) is 1. The highest BCUT2D eigenvalue weighted by Gasteiger charge is 2.34. The van der Waals surface area contributed by atoms with Gasteiger partial charge in [-0.1, -0.05) is 31.0 Å². The van der Waals surface area contributed by atoms with Crippen molar-refractivity contribution in [3.8, 4) is 0 Å². The first-order valence-corrected chi connectivity index (χ1v) is 8.28. The van der Waals surface area contributed by atoms with Gasteiger partial charge in [0.05, 0.1) is 10.5 Å². The van der Waals surface area contributed by atoms with Gasteiger partial charge in [-0.05, 0) is 36.8 Å². The lowest BCUT2D eigenvalue weighted by Crippen LogP contribution is -2.41. The van der Waals surface area contributed by atoms with Crippen LogP contribution in [0, 0.1) is 6.92 Å². The Morgan fingerprint density at radius 2 is 2.00 bits per heavy atom. The number of hydrogen-bond acceptors (Lipinski definition) is 3. The third-order valence-electron chi connectivity index (χ3n) is 4.45. The zero-order valence-corrected chi connectivity index (χ0v) is 13.4. The maximum atomic E-state index is 12.7. The summed E-state index contributed by atoms with van der Waals surface area (Å²) in [6.45, 7) is 2.43. The average Bonchev–Trinajstić information content (AvgIpc) is 3.03. The van der Waals surface area contributed by atoms with Crippen LogP contribution in [0.3, 0.4) is 0 Å². The quantitative estimate of drug-likeness (QED) is 0.941. The van der Waals surface area contributed by atoms with E-state index in [4.69, 9.17) is 0 Å². The predicted molar refractivity (Wildman–Crippen MR) is 86.9 cm³/mol. The van der Waals surface area contributed by atoms with Gasteiger partial charge in [0.1, 0.15) is 0 Å². The summed E-state index contributed by atoms with van der Waals surface area (Å²) < 4.78 is 1.14. The number of aliphatic hydroxyl groups is 1. The summed E-state index contributed by atoms with van der Waals surface area (Å²) in [5.74, 6) is 0.0222. The van der Waals surface area contributed by atoms with Crippen LogP contribution in [0.25, 0.3) is 10.1 Å². The Bertz CT molecular complexity index is 670. The molecule has 0 saturated heterocycles. The van der Waals surface area contributed by atoms with E-state index in [1.807, 2.05) is 25.1 Å². The molecule has 3 rings (SSSR count). The predicted octanol–water partition coefficient (Wildman–Crippen LogP) is 3.59. The smallest absolute Gasteiger partial charge is 0.264 e. The zero-order chi connectivity index (χ0) is 15.0. The lowest BCUT2D eigenvalue weighted by Gasteiger charge is -2.28. The van der Waals surface area contributed by atoms with Gasteiger partial charge in [-0.25, -0.2) is 0 Å². The first-order chi connectivity index (χ1) is 10.0. The molecule has 1 fully saturated rings. The number of amides is 1. The Kier molecular flexibility index (Phi) is 3.76. The molecule has 1 saturated carbocycles. The van der Waals surface area contributed by atoms with E-state index in [2.05, 4.69) is 6.07 Å². The van der Waals surface area contributed by atoms with Crippen molar-refractivity contribution in [3.05, 3.63) is 34.7 Å². The molecule has 0 atom stereocenters. The molecule has 1 N–H and O–H groups in total. The minimum absolute atomic E-state index is 0.0222. The van der Waals surface area contributed by atoms with Crippen molar-refractivity contribution in [2.75, 3.05) is 13.6 Å². The van der Waals surface area contributed by atoms with Gasteiger partial charge in [0, 0.05) is 18.3 Å². The Labute approximate surface area is 129 Å². The molecule has 1 aromatic heterocycles. The fourth-order valence-corrected chi connectivity index (χ4v) is 4.46. The van der Waals surface area contributed by atoms with E-state index in [1.165, 1.54) is 0 Å². The molecule has 1 amide bonds. The number of hydrogen-bond donors (Lipinski definition) is 1. The van der Waals surface area contributed by atoms with Crippen molar-refractivity contribution in [2.24, 2.45) is 0 Å². The Morgan fingerprint density at radius 3 is 2.67 bits per heavy atom. The van der Waals surface area contributed by atoms with Crippen LogP contribution < -0.4 is 0 Å². The molecule has 2 aromatic rings. The Morgan fingerprint density at radius 1 is 1.33 bits per heavy atom. The molecule has 0 unspecified atom stereocenters. The summed E-state index contributed by atoms with van der Waals surface area (Å²) in [6, 6.07) is 8.11. The van der Waals surface area contributed by atoms with Crippen LogP contribution in [0.1, 0.15) is 40.9 Å². The fourth-order valence-electron chi connectivity index (χ4n) is 3.26. The molecule has 1 heterocycles. The summed E-state index contributed by atoms with van der Waals surface area (Å²) in [6.07, 6.45) is 3.72. The highest BCUT2D eigenvalue weighted by atomic mass is 32.1. The van der Waals surface area contributed by atoms with Crippen LogP contribution in [0.4, 0.5) is 0 Å². The second-order valence-electron chi connectivity index (χ2n) is 6.15. The molecule has 112 valence electrons. The molecule has 1 aliphatic rings. The number of fused-ring (bicyclic) bond motifs is 1. The number of benzene rings is 1. The molecule has 3 nitrogen and oxygen atoms in total. The van der Waals surface area contributed by atoms with E-state index in [1.54, 1.807) is 23.3 Å². The summed E-state index contributed by atoms with van der Waals surface area (Å²) in [7, 11) is 1.79. The fraction of sp³-hybridized carbons (Fsp3) is 0.471. The van der Waals surface area contributed by atoms with Crippen LogP contribution in [-0.2, 0) is 0 Å². The summed E-state index contributed by atoms with van der Waals surface area (Å²) in [4.78, 5) is 15.2. The third kappa shape index (κ3) is 2.70. The van der Waals surface area contributed by atoms with E-state index in [0.29, 0.717) is 6.54 Å². The van der Waals surface area contributed by atoms with Gasteiger partial charge >= 0.3 is 0 Å². The summed E-state index contributed by atoms with van der Waals surface area (Å²) >= 11 is 1.54. The SMILES string of the molecule is Cc1c(C(=O)N(C)CC2(O)CCCC2)sc2ccccc12. The van der Waals surface area contributed by atoms with Crippen LogP contribution in [0.5, 0.6) is 0 Å². The summed E-state index contributed by atoms with van der Waals surface area (Å²) in [5, 5.41) is 11.6. The first kappa shape index (κ1) is 14.5. The van der Waals surface area contributed by atoms with Crippen molar-refractivity contribution in [3.63, 3.8) is 0 Å². The molecule has 1 aliphatic carbocycles. The van der Waals surface area contributed by atoms with Crippen molar-refractivity contribution in [1.82, 2.24) is 4.90 Å². The largest absolute Gasteiger partial charge is 0.388 e. The van der Waals surface area contributed by atoms with Gasteiger partial charge in [0.2, 0.25) is 0 Å². The second kappa shape index (κ2) is 5.43. The van der Waals surface area contributed by atoms with Crippen molar-refractivity contribution in [2.45, 2.75) is 38.2 Å². The normalized spacial score (nSPS) is 17.3. The zero-order valence-electron chi connectivity index (χ0n) is 12.6. The van der Waals surface area contributed by atoms with Crippen LogP contribution in [0.15, 0.2) is 24.3 Å². The van der Waals surface area contributed by atoms with E-state index < -0.39 is 5.60 Å². The van der Waals surface area contributed by atoms with E-state index in [9.17, 15) is 9.90 Å². The van der Waals surface area contributed by atoms with Crippen LogP contribution >= 0.6 is 11.3 Å². The van der Waals surface area contributed by atoms with Gasteiger partial charge in [0.15, 0.2) is 0 Å². The number of likely N-dealkylation sites (N-methyl/N-ethyl adjacent to an activating group) is 1. The van der Waals surface area contributed by atoms with E-state index in [-0.39, 0.29) is 5.91 Å². The third-order valence-corrected chi connectivity index (χ3v) is 5.71. The average molecular weight is 303 g/mol.